The normalized spacial score (nSPS) is 11.3. The molecule has 168 valence electrons. The van der Waals surface area contributed by atoms with Crippen LogP contribution in [0, 0.1) is 6.92 Å². The zero-order chi connectivity index (χ0) is 23.3. The van der Waals surface area contributed by atoms with Crippen molar-refractivity contribution in [1.29, 1.82) is 0 Å². The maximum Gasteiger partial charge on any atom is 0.471 e. The van der Waals surface area contributed by atoms with Crippen molar-refractivity contribution in [3.8, 4) is 0 Å². The number of hydrogen-bond acceptors (Lipinski definition) is 5. The number of carbonyl (C=O) groups is 2. The van der Waals surface area contributed by atoms with E-state index >= 15 is 0 Å². The van der Waals surface area contributed by atoms with Crippen molar-refractivity contribution in [2.45, 2.75) is 32.6 Å². The van der Waals surface area contributed by atoms with Gasteiger partial charge in [0.05, 0.1) is 5.69 Å². The van der Waals surface area contributed by atoms with Crippen molar-refractivity contribution in [2.75, 3.05) is 18.9 Å². The summed E-state index contributed by atoms with van der Waals surface area (Å²) in [7, 11) is 1.07. The summed E-state index contributed by atoms with van der Waals surface area (Å²) in [5.74, 6) is -3.24. The lowest BCUT2D eigenvalue weighted by Crippen LogP contribution is -2.37. The number of aromatic nitrogens is 2. The van der Waals surface area contributed by atoms with Crippen LogP contribution in [0.5, 0.6) is 0 Å². The first kappa shape index (κ1) is 24.2. The van der Waals surface area contributed by atoms with Crippen LogP contribution in [-0.2, 0) is 29.1 Å². The highest BCUT2D eigenvalue weighted by Crippen LogP contribution is 2.19. The van der Waals surface area contributed by atoms with Crippen LogP contribution in [0.3, 0.4) is 0 Å². The third-order valence-corrected chi connectivity index (χ3v) is 4.72. The Morgan fingerprint density at radius 2 is 1.94 bits per heavy atom. The molecule has 31 heavy (non-hydrogen) atoms. The van der Waals surface area contributed by atoms with E-state index in [2.05, 4.69) is 10.3 Å². The number of amides is 1. The van der Waals surface area contributed by atoms with Gasteiger partial charge in [0.1, 0.15) is 6.54 Å². The molecule has 0 fully saturated rings. The van der Waals surface area contributed by atoms with Gasteiger partial charge in [0, 0.05) is 20.1 Å². The number of carbonyl (C=O) groups excluding carboxylic acids is 1. The van der Waals surface area contributed by atoms with E-state index < -0.39 is 30.2 Å². The van der Waals surface area contributed by atoms with Crippen molar-refractivity contribution in [1.82, 2.24) is 14.5 Å². The highest BCUT2D eigenvalue weighted by atomic mass is 35.5. The number of rotatable bonds is 8. The monoisotopic (exact) mass is 460 g/mol. The third-order valence-electron chi connectivity index (χ3n) is 4.36. The van der Waals surface area contributed by atoms with E-state index in [0.29, 0.717) is 16.9 Å². The van der Waals surface area contributed by atoms with Crippen molar-refractivity contribution >= 4 is 29.3 Å². The van der Waals surface area contributed by atoms with Crippen LogP contribution in [0.4, 0.5) is 19.0 Å². The maximum atomic E-state index is 12.5. The van der Waals surface area contributed by atoms with Crippen LogP contribution >= 0.6 is 11.6 Å². The second kappa shape index (κ2) is 9.82. The lowest BCUT2D eigenvalue weighted by Gasteiger charge is -2.19. The lowest BCUT2D eigenvalue weighted by molar-refractivity contribution is -0.184. The van der Waals surface area contributed by atoms with E-state index in [9.17, 15) is 27.6 Å². The topological polar surface area (TPSA) is 105 Å². The summed E-state index contributed by atoms with van der Waals surface area (Å²) >= 11 is 5.98. The lowest BCUT2D eigenvalue weighted by atomic mass is 10.1. The third kappa shape index (κ3) is 6.45. The number of aliphatic carboxylic acids is 1. The average molecular weight is 461 g/mol. The second-order valence-electron chi connectivity index (χ2n) is 6.78. The van der Waals surface area contributed by atoms with Crippen LogP contribution in [0.2, 0.25) is 5.15 Å². The second-order valence-corrected chi connectivity index (χ2v) is 7.14. The van der Waals surface area contributed by atoms with Crippen molar-refractivity contribution in [3.05, 3.63) is 56.6 Å². The Kier molecular flexibility index (Phi) is 7.66. The zero-order valence-corrected chi connectivity index (χ0v) is 17.4. The molecule has 2 aromatic rings. The molecular formula is C19H20ClF3N4O4. The molecule has 0 radical (unpaired) electrons. The first-order chi connectivity index (χ1) is 14.4. The first-order valence-electron chi connectivity index (χ1n) is 9.03. The molecule has 1 aromatic carbocycles. The number of carboxylic acids is 1. The molecule has 0 bridgehead atoms. The minimum absolute atomic E-state index is 0.0114. The van der Waals surface area contributed by atoms with Gasteiger partial charge in [-0.25, -0.2) is 4.98 Å². The molecule has 0 saturated carbocycles. The van der Waals surface area contributed by atoms with Gasteiger partial charge in [-0.05, 0) is 24.5 Å². The van der Waals surface area contributed by atoms with Gasteiger partial charge in [-0.3, -0.25) is 19.0 Å². The fourth-order valence-corrected chi connectivity index (χ4v) is 3.02. The molecule has 0 aliphatic carbocycles. The van der Waals surface area contributed by atoms with E-state index in [0.717, 1.165) is 17.2 Å². The van der Waals surface area contributed by atoms with E-state index in [4.69, 9.17) is 16.7 Å². The number of hydrogen-bond donors (Lipinski definition) is 2. The number of benzene rings is 1. The average Bonchev–Trinajstić information content (AvgIpc) is 2.68. The summed E-state index contributed by atoms with van der Waals surface area (Å²) in [5.41, 5.74) is 0.857. The van der Waals surface area contributed by atoms with Crippen LogP contribution in [0.1, 0.15) is 16.8 Å². The van der Waals surface area contributed by atoms with Gasteiger partial charge in [0.2, 0.25) is 0 Å². The van der Waals surface area contributed by atoms with Crippen LogP contribution in [0.25, 0.3) is 0 Å². The molecule has 8 nitrogen and oxygen atoms in total. The van der Waals surface area contributed by atoms with E-state index in [1.807, 2.05) is 0 Å². The Morgan fingerprint density at radius 3 is 2.55 bits per heavy atom. The number of anilines is 1. The van der Waals surface area contributed by atoms with Crippen molar-refractivity contribution < 1.29 is 27.9 Å². The van der Waals surface area contributed by atoms with Crippen LogP contribution in [-0.4, -0.2) is 51.2 Å². The van der Waals surface area contributed by atoms with Gasteiger partial charge >= 0.3 is 18.1 Å². The molecule has 0 aliphatic heterocycles. The number of halogens is 4. The van der Waals surface area contributed by atoms with E-state index in [-0.39, 0.29) is 29.8 Å². The molecule has 0 saturated heterocycles. The summed E-state index contributed by atoms with van der Waals surface area (Å²) in [6, 6.07) is 6.65. The van der Waals surface area contributed by atoms with Gasteiger partial charge in [-0.1, -0.05) is 35.9 Å². The SMILES string of the molecule is Cc1c(Cl)nc(NCCc2cccc(CN(C)C(=O)C(F)(F)F)c2)c(=O)n1CC(=O)O. The molecule has 2 rings (SSSR count). The molecular weight excluding hydrogens is 441 g/mol. The van der Waals surface area contributed by atoms with Crippen LogP contribution < -0.4 is 10.9 Å². The highest BCUT2D eigenvalue weighted by molar-refractivity contribution is 6.30. The molecule has 1 aromatic heterocycles. The Balaban J connectivity index is 2.06. The quantitative estimate of drug-likeness (QED) is 0.627. The molecule has 12 heteroatoms. The van der Waals surface area contributed by atoms with Gasteiger partial charge in [0.15, 0.2) is 11.0 Å². The largest absolute Gasteiger partial charge is 0.480 e. The van der Waals surface area contributed by atoms with E-state index in [1.54, 1.807) is 24.3 Å². The van der Waals surface area contributed by atoms with E-state index in [1.165, 1.54) is 6.92 Å². The molecule has 0 spiro atoms. The minimum atomic E-state index is -4.94. The van der Waals surface area contributed by atoms with Gasteiger partial charge in [0.25, 0.3) is 5.56 Å². The standard InChI is InChI=1S/C19H20ClF3N4O4/c1-11-15(20)25-16(17(30)27(11)10-14(28)29)24-7-6-12-4-3-5-13(8-12)9-26(2)18(31)19(21,22)23/h3-5,8H,6-7,9-10H2,1-2H3,(H,24,25)(H,28,29). The molecule has 0 atom stereocenters. The van der Waals surface area contributed by atoms with Gasteiger partial charge in [-0.15, -0.1) is 0 Å². The molecule has 0 aliphatic rings. The Hall–Kier alpha value is -3.08. The molecule has 1 amide bonds. The Labute approximate surface area is 180 Å². The van der Waals surface area contributed by atoms with Gasteiger partial charge in [-0.2, -0.15) is 13.2 Å². The summed E-state index contributed by atoms with van der Waals surface area (Å²) in [5, 5.41) is 11.8. The minimum Gasteiger partial charge on any atom is -0.480 e. The molecule has 0 unspecified atom stereocenters. The molecule has 1 heterocycles. The number of nitrogens with one attached hydrogen (secondary N) is 1. The Bertz CT molecular complexity index is 1040. The van der Waals surface area contributed by atoms with Gasteiger partial charge < -0.3 is 15.3 Å². The number of alkyl halides is 3. The number of nitrogens with zero attached hydrogens (tertiary/aromatic N) is 3. The first-order valence-corrected chi connectivity index (χ1v) is 9.40. The smallest absolute Gasteiger partial charge is 0.471 e. The fraction of sp³-hybridized carbons (Fsp3) is 0.368. The summed E-state index contributed by atoms with van der Waals surface area (Å²) in [6.07, 6.45) is -4.55. The zero-order valence-electron chi connectivity index (χ0n) is 16.7. The summed E-state index contributed by atoms with van der Waals surface area (Å²) in [6.45, 7) is 0.938. The van der Waals surface area contributed by atoms with Crippen molar-refractivity contribution in [3.63, 3.8) is 0 Å². The Morgan fingerprint density at radius 1 is 1.29 bits per heavy atom. The highest BCUT2D eigenvalue weighted by Gasteiger charge is 2.41. The molecule has 2 N–H and O–H groups in total. The fourth-order valence-electron chi connectivity index (χ4n) is 2.83. The number of carboxylic acid groups (broad SMARTS) is 1. The summed E-state index contributed by atoms with van der Waals surface area (Å²) < 4.78 is 38.6. The summed E-state index contributed by atoms with van der Waals surface area (Å²) in [4.78, 5) is 39.2. The maximum absolute atomic E-state index is 12.5. The predicted octanol–water partition coefficient (Wildman–Crippen LogP) is 2.47. The van der Waals surface area contributed by atoms with Crippen LogP contribution in [0.15, 0.2) is 29.1 Å². The predicted molar refractivity (Wildman–Crippen MR) is 107 cm³/mol. The van der Waals surface area contributed by atoms with Crippen molar-refractivity contribution in [2.24, 2.45) is 0 Å².